The highest BCUT2D eigenvalue weighted by atomic mass is 16.2. The zero-order valence-electron chi connectivity index (χ0n) is 19.3. The normalized spacial score (nSPS) is 16.9. The van der Waals surface area contributed by atoms with E-state index in [1.54, 1.807) is 0 Å². The molecule has 170 valence electrons. The number of nitrogens with zero attached hydrogens (tertiary/aromatic N) is 3. The van der Waals surface area contributed by atoms with Gasteiger partial charge in [0.25, 0.3) is 5.91 Å². The molecule has 2 aromatic rings. The zero-order chi connectivity index (χ0) is 22.5. The minimum atomic E-state index is 0.0439. The van der Waals surface area contributed by atoms with Crippen LogP contribution in [0.1, 0.15) is 39.9 Å². The lowest BCUT2D eigenvalue weighted by Crippen LogP contribution is -2.49. The third-order valence-corrected chi connectivity index (χ3v) is 6.74. The lowest BCUT2D eigenvalue weighted by Gasteiger charge is -2.36. The molecule has 0 atom stereocenters. The lowest BCUT2D eigenvalue weighted by molar-refractivity contribution is -0.122. The Balaban J connectivity index is 1.21. The van der Waals surface area contributed by atoms with E-state index in [1.165, 1.54) is 16.8 Å². The number of benzene rings is 2. The van der Waals surface area contributed by atoms with Crippen LogP contribution in [0.3, 0.4) is 0 Å². The summed E-state index contributed by atoms with van der Waals surface area (Å²) < 4.78 is 0. The van der Waals surface area contributed by atoms with Crippen LogP contribution >= 0.6 is 0 Å². The van der Waals surface area contributed by atoms with Gasteiger partial charge in [-0.15, -0.1) is 0 Å². The molecule has 2 heterocycles. The van der Waals surface area contributed by atoms with Crippen molar-refractivity contribution in [3.05, 3.63) is 64.7 Å². The van der Waals surface area contributed by atoms with Gasteiger partial charge in [0.2, 0.25) is 5.91 Å². The van der Waals surface area contributed by atoms with Crippen molar-refractivity contribution >= 4 is 17.5 Å². The van der Waals surface area contributed by atoms with Crippen molar-refractivity contribution in [2.75, 3.05) is 50.7 Å². The van der Waals surface area contributed by atoms with Gasteiger partial charge < -0.3 is 15.1 Å². The number of anilines is 1. The first kappa shape index (κ1) is 22.3. The van der Waals surface area contributed by atoms with Crippen LogP contribution in [0.2, 0.25) is 0 Å². The van der Waals surface area contributed by atoms with Crippen molar-refractivity contribution in [3.63, 3.8) is 0 Å². The van der Waals surface area contributed by atoms with Gasteiger partial charge in [0.1, 0.15) is 0 Å². The second kappa shape index (κ2) is 10.2. The molecule has 0 saturated carbocycles. The first-order chi connectivity index (χ1) is 15.5. The molecule has 2 aliphatic heterocycles. The molecule has 2 aliphatic rings. The van der Waals surface area contributed by atoms with Crippen LogP contribution in [0.25, 0.3) is 0 Å². The Morgan fingerprint density at radius 1 is 0.875 bits per heavy atom. The highest BCUT2D eigenvalue weighted by Crippen LogP contribution is 2.23. The van der Waals surface area contributed by atoms with Crippen LogP contribution in [-0.2, 0) is 11.3 Å². The van der Waals surface area contributed by atoms with E-state index in [0.717, 1.165) is 63.2 Å². The molecule has 6 heteroatoms. The van der Waals surface area contributed by atoms with Crippen molar-refractivity contribution in [1.29, 1.82) is 0 Å². The maximum atomic E-state index is 12.5. The van der Waals surface area contributed by atoms with Crippen LogP contribution in [0, 0.1) is 13.8 Å². The topological polar surface area (TPSA) is 55.9 Å². The molecule has 0 aliphatic carbocycles. The summed E-state index contributed by atoms with van der Waals surface area (Å²) in [7, 11) is 0. The number of hydrogen-bond acceptors (Lipinski definition) is 4. The maximum Gasteiger partial charge on any atom is 0.253 e. The number of aryl methyl sites for hydroxylation is 1. The first-order valence-electron chi connectivity index (χ1n) is 11.7. The fourth-order valence-corrected chi connectivity index (χ4v) is 4.55. The van der Waals surface area contributed by atoms with Crippen LogP contribution in [0.4, 0.5) is 5.69 Å². The summed E-state index contributed by atoms with van der Waals surface area (Å²) in [6.07, 6.45) is 2.19. The van der Waals surface area contributed by atoms with E-state index >= 15 is 0 Å². The number of likely N-dealkylation sites (tertiary alicyclic amines) is 1. The Morgan fingerprint density at radius 3 is 2.25 bits per heavy atom. The Bertz CT molecular complexity index is 943. The molecular formula is C26H34N4O2. The summed E-state index contributed by atoms with van der Waals surface area (Å²) in [5.41, 5.74) is 5.70. The molecule has 6 nitrogen and oxygen atoms in total. The number of amides is 2. The van der Waals surface area contributed by atoms with Gasteiger partial charge in [0.15, 0.2) is 0 Å². The summed E-state index contributed by atoms with van der Waals surface area (Å²) in [6.45, 7) is 10.6. The number of rotatable bonds is 6. The largest absolute Gasteiger partial charge is 0.369 e. The molecule has 4 rings (SSSR count). The Hall–Kier alpha value is -2.86. The van der Waals surface area contributed by atoms with E-state index in [-0.39, 0.29) is 11.8 Å². The van der Waals surface area contributed by atoms with Crippen LogP contribution in [0.5, 0.6) is 0 Å². The Kier molecular flexibility index (Phi) is 7.10. The molecule has 0 radical (unpaired) electrons. The standard InChI is InChI=1S/C26H34N4O2/c1-20-6-5-7-24(21(20)2)29-16-14-28(15-17-29)19-25(31)27-18-22-8-10-23(11-9-22)26(32)30-12-3-4-13-30/h5-11H,3-4,12-19H2,1-2H3,(H,27,31). The molecule has 32 heavy (non-hydrogen) atoms. The van der Waals surface area contributed by atoms with E-state index < -0.39 is 0 Å². The van der Waals surface area contributed by atoms with Gasteiger partial charge in [-0.05, 0) is 61.6 Å². The van der Waals surface area contributed by atoms with Crippen molar-refractivity contribution < 1.29 is 9.59 Å². The fourth-order valence-electron chi connectivity index (χ4n) is 4.55. The number of hydrogen-bond donors (Lipinski definition) is 1. The molecule has 2 amide bonds. The molecular weight excluding hydrogens is 400 g/mol. The van der Waals surface area contributed by atoms with E-state index in [0.29, 0.717) is 13.1 Å². The maximum absolute atomic E-state index is 12.5. The van der Waals surface area contributed by atoms with Gasteiger partial charge in [-0.2, -0.15) is 0 Å². The Labute approximate surface area is 191 Å². The van der Waals surface area contributed by atoms with E-state index in [1.807, 2.05) is 29.2 Å². The van der Waals surface area contributed by atoms with Crippen LogP contribution in [0.15, 0.2) is 42.5 Å². The molecule has 0 unspecified atom stereocenters. The number of piperazine rings is 1. The average molecular weight is 435 g/mol. The van der Waals surface area contributed by atoms with Gasteiger partial charge >= 0.3 is 0 Å². The van der Waals surface area contributed by atoms with Crippen molar-refractivity contribution in [2.24, 2.45) is 0 Å². The molecule has 0 aromatic heterocycles. The first-order valence-corrected chi connectivity index (χ1v) is 11.7. The monoisotopic (exact) mass is 434 g/mol. The Morgan fingerprint density at radius 2 is 1.56 bits per heavy atom. The van der Waals surface area contributed by atoms with Gasteiger partial charge in [-0.3, -0.25) is 14.5 Å². The number of carbonyl (C=O) groups is 2. The molecule has 1 N–H and O–H groups in total. The molecule has 2 aromatic carbocycles. The smallest absolute Gasteiger partial charge is 0.253 e. The van der Waals surface area contributed by atoms with E-state index in [9.17, 15) is 9.59 Å². The second-order valence-electron chi connectivity index (χ2n) is 8.96. The number of carbonyl (C=O) groups excluding carboxylic acids is 2. The van der Waals surface area contributed by atoms with Gasteiger partial charge in [-0.25, -0.2) is 0 Å². The predicted molar refractivity (Wildman–Crippen MR) is 128 cm³/mol. The fraction of sp³-hybridized carbons (Fsp3) is 0.462. The second-order valence-corrected chi connectivity index (χ2v) is 8.96. The summed E-state index contributed by atoms with van der Waals surface area (Å²) >= 11 is 0. The van der Waals surface area contributed by atoms with Crippen LogP contribution in [-0.4, -0.2) is 67.4 Å². The summed E-state index contributed by atoms with van der Waals surface area (Å²) in [6, 6.07) is 14.1. The highest BCUT2D eigenvalue weighted by Gasteiger charge is 2.21. The van der Waals surface area contributed by atoms with E-state index in [2.05, 4.69) is 47.2 Å². The SMILES string of the molecule is Cc1cccc(N2CCN(CC(=O)NCc3ccc(C(=O)N4CCCC4)cc3)CC2)c1C. The minimum Gasteiger partial charge on any atom is -0.369 e. The molecule has 2 saturated heterocycles. The molecule has 0 spiro atoms. The average Bonchev–Trinajstić information content (AvgIpc) is 3.35. The minimum absolute atomic E-state index is 0.0439. The van der Waals surface area contributed by atoms with Gasteiger partial charge in [-0.1, -0.05) is 24.3 Å². The van der Waals surface area contributed by atoms with Crippen molar-refractivity contribution in [3.8, 4) is 0 Å². The summed E-state index contributed by atoms with van der Waals surface area (Å²) in [5, 5.41) is 3.02. The highest BCUT2D eigenvalue weighted by molar-refractivity contribution is 5.94. The molecule has 0 bridgehead atoms. The lowest BCUT2D eigenvalue weighted by atomic mass is 10.1. The van der Waals surface area contributed by atoms with E-state index in [4.69, 9.17) is 0 Å². The van der Waals surface area contributed by atoms with Crippen molar-refractivity contribution in [1.82, 2.24) is 15.1 Å². The predicted octanol–water partition coefficient (Wildman–Crippen LogP) is 2.98. The number of nitrogens with one attached hydrogen (secondary N) is 1. The molecule has 2 fully saturated rings. The third kappa shape index (κ3) is 5.30. The van der Waals surface area contributed by atoms with Gasteiger partial charge in [0, 0.05) is 57.1 Å². The summed E-state index contributed by atoms with van der Waals surface area (Å²) in [4.78, 5) is 31.4. The van der Waals surface area contributed by atoms with Crippen LogP contribution < -0.4 is 10.2 Å². The quantitative estimate of drug-likeness (QED) is 0.760. The summed E-state index contributed by atoms with van der Waals surface area (Å²) in [5.74, 6) is 0.153. The van der Waals surface area contributed by atoms with Gasteiger partial charge in [0.05, 0.1) is 6.54 Å². The zero-order valence-corrected chi connectivity index (χ0v) is 19.3. The van der Waals surface area contributed by atoms with Crippen molar-refractivity contribution in [2.45, 2.75) is 33.2 Å². The third-order valence-electron chi connectivity index (χ3n) is 6.74.